The first-order chi connectivity index (χ1) is 7.81. The van der Waals surface area contributed by atoms with Crippen molar-refractivity contribution in [1.82, 2.24) is 4.90 Å². The van der Waals surface area contributed by atoms with Gasteiger partial charge in [-0.3, -0.25) is 4.90 Å². The van der Waals surface area contributed by atoms with E-state index >= 15 is 0 Å². The molecular weight excluding hydrogens is 194 g/mol. The monoisotopic (exact) mass is 221 g/mol. The van der Waals surface area contributed by atoms with Crippen LogP contribution in [0.4, 0.5) is 0 Å². The first-order valence-electron chi connectivity index (χ1n) is 7.18. The molecule has 2 heterocycles. The molecule has 0 aromatic rings. The van der Waals surface area contributed by atoms with Gasteiger partial charge in [-0.05, 0) is 44.1 Å². The van der Waals surface area contributed by atoms with Crippen LogP contribution >= 0.6 is 0 Å². The lowest BCUT2D eigenvalue weighted by molar-refractivity contribution is 0.0250. The van der Waals surface area contributed by atoms with E-state index in [9.17, 15) is 0 Å². The molecular formula is C15H27N. The standard InChI is InChI=1S/C15H27N/c1-4-8-14-12(5-2)11-13(6-3)15-9-7-10-16(14)15/h4,12-15H,1,5-11H2,2-3H3. The van der Waals surface area contributed by atoms with Crippen LogP contribution in [0.25, 0.3) is 0 Å². The van der Waals surface area contributed by atoms with Gasteiger partial charge in [-0.15, -0.1) is 6.58 Å². The Morgan fingerprint density at radius 1 is 1.25 bits per heavy atom. The molecule has 0 spiro atoms. The zero-order valence-corrected chi connectivity index (χ0v) is 11.0. The van der Waals surface area contributed by atoms with Gasteiger partial charge in [0, 0.05) is 12.1 Å². The molecule has 0 aromatic heterocycles. The highest BCUT2D eigenvalue weighted by atomic mass is 15.2. The summed E-state index contributed by atoms with van der Waals surface area (Å²) in [6, 6.07) is 1.70. The van der Waals surface area contributed by atoms with E-state index in [2.05, 4.69) is 31.4 Å². The fourth-order valence-corrected chi connectivity index (χ4v) is 4.08. The maximum absolute atomic E-state index is 3.95. The van der Waals surface area contributed by atoms with Gasteiger partial charge in [-0.2, -0.15) is 0 Å². The summed E-state index contributed by atoms with van der Waals surface area (Å²) in [5, 5.41) is 0. The molecule has 0 amide bonds. The Balaban J connectivity index is 2.14. The van der Waals surface area contributed by atoms with Gasteiger partial charge in [0.25, 0.3) is 0 Å². The van der Waals surface area contributed by atoms with Gasteiger partial charge < -0.3 is 0 Å². The minimum atomic E-state index is 0.804. The van der Waals surface area contributed by atoms with Gasteiger partial charge >= 0.3 is 0 Å². The van der Waals surface area contributed by atoms with Crippen LogP contribution < -0.4 is 0 Å². The van der Waals surface area contributed by atoms with E-state index in [4.69, 9.17) is 0 Å². The highest BCUT2D eigenvalue weighted by Crippen LogP contribution is 2.41. The Morgan fingerprint density at radius 2 is 2.00 bits per heavy atom. The van der Waals surface area contributed by atoms with Crippen LogP contribution in [-0.2, 0) is 0 Å². The zero-order chi connectivity index (χ0) is 11.5. The third-order valence-electron chi connectivity index (χ3n) is 4.92. The molecule has 2 fully saturated rings. The molecule has 1 nitrogen and oxygen atoms in total. The Kier molecular flexibility index (Phi) is 4.07. The van der Waals surface area contributed by atoms with E-state index < -0.39 is 0 Å². The lowest BCUT2D eigenvalue weighted by atomic mass is 9.75. The van der Waals surface area contributed by atoms with Crippen LogP contribution in [0.15, 0.2) is 12.7 Å². The molecule has 0 radical (unpaired) electrons. The van der Waals surface area contributed by atoms with E-state index in [1.165, 1.54) is 45.1 Å². The van der Waals surface area contributed by atoms with Crippen molar-refractivity contribution in [3.05, 3.63) is 12.7 Å². The molecule has 2 rings (SSSR count). The summed E-state index contributed by atoms with van der Waals surface area (Å²) < 4.78 is 0. The molecule has 2 saturated heterocycles. The van der Waals surface area contributed by atoms with Gasteiger partial charge in [0.2, 0.25) is 0 Å². The molecule has 4 atom stereocenters. The number of fused-ring (bicyclic) bond motifs is 1. The maximum atomic E-state index is 3.95. The first kappa shape index (κ1) is 12.2. The van der Waals surface area contributed by atoms with Crippen LogP contribution in [0.1, 0.15) is 52.4 Å². The topological polar surface area (TPSA) is 3.24 Å². The van der Waals surface area contributed by atoms with Crippen LogP contribution in [0.3, 0.4) is 0 Å². The molecule has 16 heavy (non-hydrogen) atoms. The van der Waals surface area contributed by atoms with Gasteiger partial charge in [0.15, 0.2) is 0 Å². The van der Waals surface area contributed by atoms with Crippen molar-refractivity contribution >= 4 is 0 Å². The van der Waals surface area contributed by atoms with Gasteiger partial charge in [-0.25, -0.2) is 0 Å². The summed E-state index contributed by atoms with van der Waals surface area (Å²) in [6.45, 7) is 10.0. The van der Waals surface area contributed by atoms with Crippen molar-refractivity contribution in [2.75, 3.05) is 6.54 Å². The minimum Gasteiger partial charge on any atom is -0.297 e. The van der Waals surface area contributed by atoms with Crippen molar-refractivity contribution in [3.63, 3.8) is 0 Å². The number of nitrogens with zero attached hydrogens (tertiary/aromatic N) is 1. The van der Waals surface area contributed by atoms with E-state index in [1.54, 1.807) is 0 Å². The summed E-state index contributed by atoms with van der Waals surface area (Å²) in [5.74, 6) is 1.88. The lowest BCUT2D eigenvalue weighted by Gasteiger charge is -2.47. The number of rotatable bonds is 4. The highest BCUT2D eigenvalue weighted by Gasteiger charge is 2.42. The fraction of sp³-hybridized carbons (Fsp3) is 0.867. The van der Waals surface area contributed by atoms with Crippen molar-refractivity contribution < 1.29 is 0 Å². The summed E-state index contributed by atoms with van der Waals surface area (Å²) in [4.78, 5) is 2.83. The Labute approximate surface area is 101 Å². The van der Waals surface area contributed by atoms with Crippen LogP contribution in [0.5, 0.6) is 0 Å². The van der Waals surface area contributed by atoms with Crippen LogP contribution in [0, 0.1) is 11.8 Å². The number of hydrogen-bond acceptors (Lipinski definition) is 1. The average molecular weight is 221 g/mol. The van der Waals surface area contributed by atoms with E-state index in [0.29, 0.717) is 0 Å². The largest absolute Gasteiger partial charge is 0.297 e. The van der Waals surface area contributed by atoms with Crippen LogP contribution in [0.2, 0.25) is 0 Å². The predicted molar refractivity (Wildman–Crippen MR) is 70.5 cm³/mol. The first-order valence-corrected chi connectivity index (χ1v) is 7.18. The van der Waals surface area contributed by atoms with Crippen molar-refractivity contribution in [3.8, 4) is 0 Å². The fourth-order valence-electron chi connectivity index (χ4n) is 4.08. The Bertz CT molecular complexity index is 236. The normalized spacial score (nSPS) is 39.6. The Hall–Kier alpha value is -0.300. The molecule has 0 bridgehead atoms. The van der Waals surface area contributed by atoms with E-state index in [-0.39, 0.29) is 0 Å². The third kappa shape index (κ3) is 2.07. The molecule has 0 saturated carbocycles. The number of hydrogen-bond donors (Lipinski definition) is 0. The van der Waals surface area contributed by atoms with Crippen LogP contribution in [-0.4, -0.2) is 23.5 Å². The summed E-state index contributed by atoms with van der Waals surface area (Å²) in [6.07, 6.45) is 10.4. The third-order valence-corrected chi connectivity index (χ3v) is 4.92. The van der Waals surface area contributed by atoms with Crippen molar-refractivity contribution in [1.29, 1.82) is 0 Å². The van der Waals surface area contributed by atoms with Gasteiger partial charge in [0.1, 0.15) is 0 Å². The lowest BCUT2D eigenvalue weighted by Crippen LogP contribution is -2.51. The molecule has 1 heteroatoms. The maximum Gasteiger partial charge on any atom is 0.0161 e. The number of piperidine rings is 1. The Morgan fingerprint density at radius 3 is 2.62 bits per heavy atom. The average Bonchev–Trinajstić information content (AvgIpc) is 2.78. The summed E-state index contributed by atoms with van der Waals surface area (Å²) in [5.41, 5.74) is 0. The smallest absolute Gasteiger partial charge is 0.0161 e. The molecule has 2 aliphatic rings. The summed E-state index contributed by atoms with van der Waals surface area (Å²) in [7, 11) is 0. The van der Waals surface area contributed by atoms with Gasteiger partial charge in [-0.1, -0.05) is 32.8 Å². The minimum absolute atomic E-state index is 0.804. The highest BCUT2D eigenvalue weighted by molar-refractivity contribution is 4.98. The predicted octanol–water partition coefficient (Wildman–Crippen LogP) is 3.85. The van der Waals surface area contributed by atoms with Gasteiger partial charge in [0.05, 0.1) is 0 Å². The van der Waals surface area contributed by atoms with Crippen molar-refractivity contribution in [2.45, 2.75) is 64.5 Å². The molecule has 0 aliphatic carbocycles. The quantitative estimate of drug-likeness (QED) is 0.652. The second-order valence-electron chi connectivity index (χ2n) is 5.61. The molecule has 0 N–H and O–H groups in total. The van der Waals surface area contributed by atoms with E-state index in [0.717, 1.165) is 23.9 Å². The van der Waals surface area contributed by atoms with E-state index in [1.807, 2.05) is 0 Å². The second-order valence-corrected chi connectivity index (χ2v) is 5.61. The van der Waals surface area contributed by atoms with Crippen molar-refractivity contribution in [2.24, 2.45) is 11.8 Å². The molecule has 0 aromatic carbocycles. The zero-order valence-electron chi connectivity index (χ0n) is 11.0. The molecule has 92 valence electrons. The second kappa shape index (κ2) is 5.35. The molecule has 2 aliphatic heterocycles. The summed E-state index contributed by atoms with van der Waals surface area (Å²) >= 11 is 0. The SMILES string of the molecule is C=CCC1C(CC)CC(CC)C2CCCN12. The molecule has 4 unspecified atom stereocenters.